The van der Waals surface area contributed by atoms with Crippen molar-refractivity contribution in [1.29, 1.82) is 0 Å². The average molecular weight is 294 g/mol. The molecule has 0 radical (unpaired) electrons. The van der Waals surface area contributed by atoms with E-state index in [0.29, 0.717) is 12.8 Å². The topological polar surface area (TPSA) is 61.8 Å². The van der Waals surface area contributed by atoms with Gasteiger partial charge in [0, 0.05) is 0 Å². The zero-order valence-corrected chi connectivity index (χ0v) is 13.0. The number of carbonyl (C=O) groups is 2. The van der Waals surface area contributed by atoms with Crippen LogP contribution < -0.4 is 4.74 Å². The lowest BCUT2D eigenvalue weighted by atomic mass is 9.82. The van der Waals surface area contributed by atoms with Gasteiger partial charge >= 0.3 is 11.9 Å². The molecule has 0 amide bonds. The number of esters is 2. The van der Waals surface area contributed by atoms with Crippen LogP contribution in [0.25, 0.3) is 0 Å². The summed E-state index contributed by atoms with van der Waals surface area (Å²) in [5.74, 6) is -0.363. The predicted octanol–water partition coefficient (Wildman–Crippen LogP) is 2.72. The molecular formula is C16H22O5. The minimum Gasteiger partial charge on any atom is -0.497 e. The first kappa shape index (κ1) is 17.0. The van der Waals surface area contributed by atoms with E-state index in [0.717, 1.165) is 11.3 Å². The molecular weight excluding hydrogens is 272 g/mol. The number of ether oxygens (including phenoxy) is 3. The second kappa shape index (κ2) is 7.67. The van der Waals surface area contributed by atoms with E-state index in [2.05, 4.69) is 0 Å². The number of methoxy groups -OCH3 is 2. The molecule has 0 N–H and O–H groups in total. The minimum absolute atomic E-state index is 0.113. The normalized spacial score (nSPS) is 10.9. The molecule has 5 nitrogen and oxygen atoms in total. The van der Waals surface area contributed by atoms with E-state index in [1.807, 2.05) is 12.1 Å². The van der Waals surface area contributed by atoms with Gasteiger partial charge in [-0.1, -0.05) is 26.0 Å². The molecule has 1 aromatic rings. The van der Waals surface area contributed by atoms with Crippen LogP contribution in [0, 0.1) is 5.41 Å². The molecule has 1 rings (SSSR count). The number of carbonyl (C=O) groups excluding carboxylic acids is 2. The van der Waals surface area contributed by atoms with E-state index in [1.54, 1.807) is 33.1 Å². The summed E-state index contributed by atoms with van der Waals surface area (Å²) in [5.41, 5.74) is -0.392. The maximum absolute atomic E-state index is 12.3. The molecule has 0 atom stereocenters. The Bertz CT molecular complexity index is 474. The Morgan fingerprint density at radius 2 is 1.57 bits per heavy atom. The molecule has 0 heterocycles. The van der Waals surface area contributed by atoms with Crippen molar-refractivity contribution < 1.29 is 23.8 Å². The van der Waals surface area contributed by atoms with Crippen molar-refractivity contribution >= 4 is 11.9 Å². The third kappa shape index (κ3) is 3.74. The van der Waals surface area contributed by atoms with Crippen molar-refractivity contribution in [3.05, 3.63) is 29.8 Å². The van der Waals surface area contributed by atoms with Crippen molar-refractivity contribution in [2.75, 3.05) is 14.2 Å². The number of hydrogen-bond donors (Lipinski definition) is 0. The van der Waals surface area contributed by atoms with Gasteiger partial charge in [-0.3, -0.25) is 9.59 Å². The Balaban J connectivity index is 2.75. The van der Waals surface area contributed by atoms with Crippen LogP contribution in [0.2, 0.25) is 0 Å². The fourth-order valence-electron chi connectivity index (χ4n) is 2.11. The third-order valence-electron chi connectivity index (χ3n) is 3.70. The molecule has 0 spiro atoms. The lowest BCUT2D eigenvalue weighted by Gasteiger charge is -2.26. The maximum atomic E-state index is 12.3. The Labute approximate surface area is 125 Å². The molecule has 0 aliphatic rings. The summed E-state index contributed by atoms with van der Waals surface area (Å²) >= 11 is 0. The van der Waals surface area contributed by atoms with Gasteiger partial charge in [-0.15, -0.1) is 0 Å². The van der Waals surface area contributed by atoms with Crippen molar-refractivity contribution in [1.82, 2.24) is 0 Å². The van der Waals surface area contributed by atoms with E-state index in [1.165, 1.54) is 7.11 Å². The molecule has 5 heteroatoms. The summed E-state index contributed by atoms with van der Waals surface area (Å²) in [6.45, 7) is 3.66. The van der Waals surface area contributed by atoms with Crippen LogP contribution >= 0.6 is 0 Å². The Morgan fingerprint density at radius 1 is 1.00 bits per heavy atom. The monoisotopic (exact) mass is 294 g/mol. The van der Waals surface area contributed by atoms with Crippen LogP contribution in [0.5, 0.6) is 5.75 Å². The summed E-state index contributed by atoms with van der Waals surface area (Å²) in [4.78, 5) is 24.2. The van der Waals surface area contributed by atoms with Crippen LogP contribution in [-0.4, -0.2) is 26.2 Å². The number of benzene rings is 1. The highest BCUT2D eigenvalue weighted by atomic mass is 16.6. The van der Waals surface area contributed by atoms with Gasteiger partial charge in [0.2, 0.25) is 0 Å². The van der Waals surface area contributed by atoms with E-state index >= 15 is 0 Å². The van der Waals surface area contributed by atoms with Crippen LogP contribution in [-0.2, 0) is 25.7 Å². The summed E-state index contributed by atoms with van der Waals surface area (Å²) < 4.78 is 15.1. The first-order chi connectivity index (χ1) is 10.0. The zero-order chi connectivity index (χ0) is 15.9. The summed E-state index contributed by atoms with van der Waals surface area (Å²) in [7, 11) is 2.86. The van der Waals surface area contributed by atoms with Crippen molar-refractivity contribution in [2.24, 2.45) is 5.41 Å². The Morgan fingerprint density at radius 3 is 2.00 bits per heavy atom. The Kier molecular flexibility index (Phi) is 6.21. The molecule has 0 fully saturated rings. The van der Waals surface area contributed by atoms with E-state index in [4.69, 9.17) is 14.2 Å². The zero-order valence-electron chi connectivity index (χ0n) is 13.0. The average Bonchev–Trinajstić information content (AvgIpc) is 2.54. The predicted molar refractivity (Wildman–Crippen MR) is 77.8 cm³/mol. The molecule has 116 valence electrons. The van der Waals surface area contributed by atoms with Crippen molar-refractivity contribution in [3.63, 3.8) is 0 Å². The van der Waals surface area contributed by atoms with E-state index < -0.39 is 17.4 Å². The lowest BCUT2D eigenvalue weighted by Crippen LogP contribution is -2.40. The highest BCUT2D eigenvalue weighted by molar-refractivity contribution is 5.99. The van der Waals surface area contributed by atoms with Gasteiger partial charge in [-0.05, 0) is 30.5 Å². The smallest absolute Gasteiger partial charge is 0.323 e. The van der Waals surface area contributed by atoms with E-state index in [-0.39, 0.29) is 6.61 Å². The Hall–Kier alpha value is -2.04. The van der Waals surface area contributed by atoms with Crippen molar-refractivity contribution in [2.45, 2.75) is 33.3 Å². The highest BCUT2D eigenvalue weighted by Crippen LogP contribution is 2.30. The quantitative estimate of drug-likeness (QED) is 0.571. The fourth-order valence-corrected chi connectivity index (χ4v) is 2.11. The first-order valence-corrected chi connectivity index (χ1v) is 6.92. The molecule has 1 aromatic carbocycles. The van der Waals surface area contributed by atoms with Crippen LogP contribution in [0.3, 0.4) is 0 Å². The molecule has 0 aromatic heterocycles. The maximum Gasteiger partial charge on any atom is 0.323 e. The standard InChI is InChI=1S/C16H22O5/c1-5-16(6-2,14(17)20-4)15(18)21-11-12-7-9-13(19-3)10-8-12/h7-10H,5-6,11H2,1-4H3. The second-order valence-electron chi connectivity index (χ2n) is 4.71. The molecule has 0 aliphatic heterocycles. The van der Waals surface area contributed by atoms with Gasteiger partial charge < -0.3 is 14.2 Å². The molecule has 0 bridgehead atoms. The largest absolute Gasteiger partial charge is 0.497 e. The van der Waals surface area contributed by atoms with E-state index in [9.17, 15) is 9.59 Å². The molecule has 0 saturated heterocycles. The van der Waals surface area contributed by atoms with Crippen LogP contribution in [0.15, 0.2) is 24.3 Å². The second-order valence-corrected chi connectivity index (χ2v) is 4.71. The molecule has 21 heavy (non-hydrogen) atoms. The van der Waals surface area contributed by atoms with Gasteiger partial charge in [0.25, 0.3) is 0 Å². The van der Waals surface area contributed by atoms with Gasteiger partial charge in [0.1, 0.15) is 12.4 Å². The minimum atomic E-state index is -1.22. The highest BCUT2D eigenvalue weighted by Gasteiger charge is 2.45. The third-order valence-corrected chi connectivity index (χ3v) is 3.70. The molecule has 0 saturated carbocycles. The first-order valence-electron chi connectivity index (χ1n) is 6.92. The molecule has 0 aliphatic carbocycles. The lowest BCUT2D eigenvalue weighted by molar-refractivity contribution is -0.172. The van der Waals surface area contributed by atoms with Gasteiger partial charge in [-0.25, -0.2) is 0 Å². The van der Waals surface area contributed by atoms with Gasteiger partial charge in [0.05, 0.1) is 14.2 Å². The summed E-state index contributed by atoms with van der Waals surface area (Å²) in [6, 6.07) is 7.19. The van der Waals surface area contributed by atoms with Gasteiger partial charge in [-0.2, -0.15) is 0 Å². The van der Waals surface area contributed by atoms with Gasteiger partial charge in [0.15, 0.2) is 5.41 Å². The van der Waals surface area contributed by atoms with Crippen LogP contribution in [0.1, 0.15) is 32.3 Å². The number of hydrogen-bond acceptors (Lipinski definition) is 5. The molecule has 0 unspecified atom stereocenters. The van der Waals surface area contributed by atoms with Crippen LogP contribution in [0.4, 0.5) is 0 Å². The summed E-state index contributed by atoms with van der Waals surface area (Å²) in [5, 5.41) is 0. The number of rotatable bonds is 7. The fraction of sp³-hybridized carbons (Fsp3) is 0.500. The summed E-state index contributed by atoms with van der Waals surface area (Å²) in [6.07, 6.45) is 0.690. The SMILES string of the molecule is CCC(CC)(C(=O)OC)C(=O)OCc1ccc(OC)cc1. The van der Waals surface area contributed by atoms with Crippen molar-refractivity contribution in [3.8, 4) is 5.75 Å².